The maximum atomic E-state index is 12.3. The Labute approximate surface area is 156 Å². The van der Waals surface area contributed by atoms with Gasteiger partial charge < -0.3 is 4.74 Å². The maximum absolute atomic E-state index is 12.3. The van der Waals surface area contributed by atoms with Crippen molar-refractivity contribution in [2.24, 2.45) is 0 Å². The number of rotatable bonds is 3. The Morgan fingerprint density at radius 2 is 1.78 bits per heavy atom. The lowest BCUT2D eigenvalue weighted by molar-refractivity contribution is 0.0635. The molecule has 3 rings (SSSR count). The van der Waals surface area contributed by atoms with Crippen molar-refractivity contribution in [3.8, 4) is 0 Å². The lowest BCUT2D eigenvalue weighted by atomic mass is 10.2. The van der Waals surface area contributed by atoms with E-state index in [-0.39, 0.29) is 5.91 Å². The fourth-order valence-electron chi connectivity index (χ4n) is 2.37. The highest BCUT2D eigenvalue weighted by atomic mass is 16.6. The molecule has 0 fully saturated rings. The number of benzene rings is 2. The van der Waals surface area contributed by atoms with E-state index in [0.29, 0.717) is 16.7 Å². The first kappa shape index (κ1) is 18.3. The van der Waals surface area contributed by atoms with Gasteiger partial charge >= 0.3 is 6.09 Å². The summed E-state index contributed by atoms with van der Waals surface area (Å²) in [6.07, 6.45) is 2.59. The number of carbonyl (C=O) groups excluding carboxylic acids is 2. The van der Waals surface area contributed by atoms with Crippen molar-refractivity contribution in [3.05, 3.63) is 60.2 Å². The smallest absolute Gasteiger partial charge is 0.412 e. The number of hydrogen-bond donors (Lipinski definition) is 1. The predicted molar refractivity (Wildman–Crippen MR) is 103 cm³/mol. The molecule has 0 spiro atoms. The van der Waals surface area contributed by atoms with E-state index in [2.05, 4.69) is 15.6 Å². The van der Waals surface area contributed by atoms with E-state index in [4.69, 9.17) is 4.74 Å². The van der Waals surface area contributed by atoms with Crippen LogP contribution in [0.5, 0.6) is 0 Å². The van der Waals surface area contributed by atoms with Crippen molar-refractivity contribution in [1.82, 2.24) is 15.0 Å². The second-order valence-corrected chi connectivity index (χ2v) is 6.91. The van der Waals surface area contributed by atoms with Gasteiger partial charge in [-0.1, -0.05) is 29.5 Å². The number of aromatic nitrogens is 3. The highest BCUT2D eigenvalue weighted by Crippen LogP contribution is 2.14. The van der Waals surface area contributed by atoms with E-state index in [0.717, 1.165) is 5.56 Å². The fraction of sp³-hybridized carbons (Fsp3) is 0.200. The van der Waals surface area contributed by atoms with Crippen LogP contribution in [-0.2, 0) is 4.74 Å². The summed E-state index contributed by atoms with van der Waals surface area (Å²) in [5, 5.41) is 10.5. The second kappa shape index (κ2) is 7.41. The topological polar surface area (TPSA) is 86.1 Å². The largest absolute Gasteiger partial charge is 0.444 e. The van der Waals surface area contributed by atoms with E-state index in [1.165, 1.54) is 10.8 Å². The van der Waals surface area contributed by atoms with Gasteiger partial charge in [-0.15, -0.1) is 5.10 Å². The van der Waals surface area contributed by atoms with E-state index < -0.39 is 11.7 Å². The Morgan fingerprint density at radius 1 is 1.07 bits per heavy atom. The summed E-state index contributed by atoms with van der Waals surface area (Å²) < 4.78 is 6.46. The van der Waals surface area contributed by atoms with Crippen LogP contribution in [-0.4, -0.2) is 32.6 Å². The van der Waals surface area contributed by atoms with Crippen molar-refractivity contribution in [2.75, 3.05) is 5.32 Å². The monoisotopic (exact) mass is 364 g/mol. The molecule has 0 atom stereocenters. The summed E-state index contributed by atoms with van der Waals surface area (Å²) in [5.41, 5.74) is 2.18. The van der Waals surface area contributed by atoms with Gasteiger partial charge in [0, 0.05) is 11.8 Å². The van der Waals surface area contributed by atoms with Crippen LogP contribution in [0, 0.1) is 0 Å². The molecule has 138 valence electrons. The van der Waals surface area contributed by atoms with Gasteiger partial charge in [-0.05, 0) is 56.7 Å². The molecule has 0 saturated heterocycles. The van der Waals surface area contributed by atoms with Gasteiger partial charge in [-0.2, -0.15) is 4.68 Å². The predicted octanol–water partition coefficient (Wildman–Crippen LogP) is 4.13. The maximum Gasteiger partial charge on any atom is 0.412 e. The minimum absolute atomic E-state index is 0.292. The standard InChI is InChI=1S/C20H20N4O3/c1-20(2,3)27-19(26)21-15-11-8-14(9-12-15)10-13-18(25)24-17-7-5-4-6-16(17)22-23-24/h4-13H,1-3H3,(H,21,26)/b13-10+. The third-order valence-corrected chi connectivity index (χ3v) is 3.53. The number of nitrogens with one attached hydrogen (secondary N) is 1. The van der Waals surface area contributed by atoms with Crippen LogP contribution in [0.3, 0.4) is 0 Å². The number of carbonyl (C=O) groups is 2. The third kappa shape index (κ3) is 4.78. The zero-order valence-electron chi connectivity index (χ0n) is 15.3. The molecule has 0 aliphatic rings. The summed E-state index contributed by atoms with van der Waals surface area (Å²) in [6.45, 7) is 5.40. The number of allylic oxidation sites excluding steroid dienone is 1. The van der Waals surface area contributed by atoms with Crippen molar-refractivity contribution >= 4 is 34.8 Å². The minimum Gasteiger partial charge on any atom is -0.444 e. The Balaban J connectivity index is 1.65. The van der Waals surface area contributed by atoms with Gasteiger partial charge in [0.15, 0.2) is 0 Å². The lowest BCUT2D eigenvalue weighted by Crippen LogP contribution is -2.27. The molecule has 0 aliphatic carbocycles. The molecule has 1 amide bonds. The van der Waals surface area contributed by atoms with Gasteiger partial charge in [0.05, 0.1) is 5.52 Å². The van der Waals surface area contributed by atoms with E-state index >= 15 is 0 Å². The molecule has 3 aromatic rings. The first-order valence-corrected chi connectivity index (χ1v) is 8.45. The van der Waals surface area contributed by atoms with Gasteiger partial charge in [-0.25, -0.2) is 4.79 Å². The Bertz CT molecular complexity index is 998. The first-order valence-electron chi connectivity index (χ1n) is 8.45. The number of amides is 1. The van der Waals surface area contributed by atoms with Crippen molar-refractivity contribution in [1.29, 1.82) is 0 Å². The molecule has 0 unspecified atom stereocenters. The molecule has 0 aliphatic heterocycles. The Morgan fingerprint density at radius 3 is 2.48 bits per heavy atom. The molecule has 1 heterocycles. The zero-order chi connectivity index (χ0) is 19.4. The summed E-state index contributed by atoms with van der Waals surface area (Å²) in [5.74, 6) is -0.292. The highest BCUT2D eigenvalue weighted by Gasteiger charge is 2.16. The normalized spacial score (nSPS) is 11.7. The van der Waals surface area contributed by atoms with Gasteiger partial charge in [0.2, 0.25) is 0 Å². The van der Waals surface area contributed by atoms with E-state index in [1.807, 2.05) is 12.1 Å². The molecular weight excluding hydrogens is 344 g/mol. The Kier molecular flexibility index (Phi) is 5.03. The number of ether oxygens (including phenoxy) is 1. The minimum atomic E-state index is -0.557. The summed E-state index contributed by atoms with van der Waals surface area (Å²) in [7, 11) is 0. The summed E-state index contributed by atoms with van der Waals surface area (Å²) in [6, 6.07) is 14.3. The van der Waals surface area contributed by atoms with Crippen molar-refractivity contribution in [2.45, 2.75) is 26.4 Å². The van der Waals surface area contributed by atoms with Gasteiger partial charge in [-0.3, -0.25) is 10.1 Å². The molecule has 27 heavy (non-hydrogen) atoms. The molecule has 0 saturated carbocycles. The van der Waals surface area contributed by atoms with E-state index in [1.54, 1.807) is 63.2 Å². The third-order valence-electron chi connectivity index (χ3n) is 3.53. The van der Waals surface area contributed by atoms with Crippen LogP contribution in [0.15, 0.2) is 54.6 Å². The molecule has 2 aromatic carbocycles. The highest BCUT2D eigenvalue weighted by molar-refractivity contribution is 5.98. The molecule has 0 radical (unpaired) electrons. The first-order chi connectivity index (χ1) is 12.8. The summed E-state index contributed by atoms with van der Waals surface area (Å²) >= 11 is 0. The molecule has 1 N–H and O–H groups in total. The van der Waals surface area contributed by atoms with Gasteiger partial charge in [0.1, 0.15) is 11.1 Å². The van der Waals surface area contributed by atoms with Gasteiger partial charge in [0.25, 0.3) is 5.91 Å². The number of anilines is 1. The fourth-order valence-corrected chi connectivity index (χ4v) is 2.37. The van der Waals surface area contributed by atoms with Crippen LogP contribution in [0.4, 0.5) is 10.5 Å². The molecule has 0 bridgehead atoms. The quantitative estimate of drug-likeness (QED) is 0.706. The van der Waals surface area contributed by atoms with Crippen LogP contribution < -0.4 is 5.32 Å². The average molecular weight is 364 g/mol. The number of fused-ring (bicyclic) bond motifs is 1. The second-order valence-electron chi connectivity index (χ2n) is 6.91. The average Bonchev–Trinajstić information content (AvgIpc) is 3.03. The number of hydrogen-bond acceptors (Lipinski definition) is 5. The zero-order valence-corrected chi connectivity index (χ0v) is 15.3. The lowest BCUT2D eigenvalue weighted by Gasteiger charge is -2.19. The number of para-hydroxylation sites is 1. The number of nitrogens with zero attached hydrogens (tertiary/aromatic N) is 3. The molecule has 7 heteroatoms. The van der Waals surface area contributed by atoms with Crippen molar-refractivity contribution in [3.63, 3.8) is 0 Å². The SMILES string of the molecule is CC(C)(C)OC(=O)Nc1ccc(/C=C/C(=O)n2nnc3ccccc32)cc1. The van der Waals surface area contributed by atoms with Crippen LogP contribution in [0.2, 0.25) is 0 Å². The molecule has 1 aromatic heterocycles. The van der Waals surface area contributed by atoms with Crippen LogP contribution in [0.1, 0.15) is 31.1 Å². The summed E-state index contributed by atoms with van der Waals surface area (Å²) in [4.78, 5) is 24.1. The Hall–Kier alpha value is -3.48. The van der Waals surface area contributed by atoms with Crippen LogP contribution >= 0.6 is 0 Å². The molecule has 7 nitrogen and oxygen atoms in total. The van der Waals surface area contributed by atoms with Crippen LogP contribution in [0.25, 0.3) is 17.1 Å². The van der Waals surface area contributed by atoms with Crippen molar-refractivity contribution < 1.29 is 14.3 Å². The van der Waals surface area contributed by atoms with E-state index in [9.17, 15) is 9.59 Å². The molecular formula is C20H20N4O3.